The van der Waals surface area contributed by atoms with Crippen LogP contribution in [0.2, 0.25) is 0 Å². The first-order valence-corrected chi connectivity index (χ1v) is 6.98. The Morgan fingerprint density at radius 1 is 1.47 bits per heavy atom. The highest BCUT2D eigenvalue weighted by molar-refractivity contribution is 7.07. The van der Waals surface area contributed by atoms with E-state index in [1.807, 2.05) is 18.0 Å². The van der Waals surface area contributed by atoms with Crippen molar-refractivity contribution in [3.05, 3.63) is 34.8 Å². The lowest BCUT2D eigenvalue weighted by atomic mass is 10.0. The minimum atomic E-state index is 0.463. The summed E-state index contributed by atoms with van der Waals surface area (Å²) in [4.78, 5) is 8.60. The van der Waals surface area contributed by atoms with E-state index >= 15 is 0 Å². The predicted octanol–water partition coefficient (Wildman–Crippen LogP) is 2.20. The second-order valence-electron chi connectivity index (χ2n) is 4.43. The van der Waals surface area contributed by atoms with E-state index in [9.17, 15) is 0 Å². The minimum absolute atomic E-state index is 0.463. The van der Waals surface area contributed by atoms with Crippen LogP contribution in [0, 0.1) is 0 Å². The monoisotopic (exact) mass is 248 g/mol. The maximum atomic E-state index is 4.33. The average molecular weight is 248 g/mol. The van der Waals surface area contributed by atoms with Crippen LogP contribution in [0.1, 0.15) is 36.7 Å². The fraction of sp³-hybridized carbons (Fsp3) is 0.500. The molecule has 4 nitrogen and oxygen atoms in total. The van der Waals surface area contributed by atoms with Crippen LogP contribution in [0.5, 0.6) is 0 Å². The van der Waals surface area contributed by atoms with Gasteiger partial charge in [-0.05, 0) is 19.4 Å². The van der Waals surface area contributed by atoms with Gasteiger partial charge in [0.2, 0.25) is 0 Å². The zero-order valence-electron chi connectivity index (χ0n) is 9.67. The number of imidazole rings is 1. The van der Waals surface area contributed by atoms with Gasteiger partial charge < -0.3 is 9.88 Å². The van der Waals surface area contributed by atoms with Crippen LogP contribution in [0.3, 0.4) is 0 Å². The van der Waals surface area contributed by atoms with E-state index in [1.54, 1.807) is 11.3 Å². The zero-order chi connectivity index (χ0) is 11.5. The van der Waals surface area contributed by atoms with E-state index in [4.69, 9.17) is 0 Å². The predicted molar refractivity (Wildman–Crippen MR) is 68.0 cm³/mol. The van der Waals surface area contributed by atoms with E-state index < -0.39 is 0 Å². The number of rotatable bonds is 3. The first kappa shape index (κ1) is 10.9. The first-order chi connectivity index (χ1) is 8.43. The van der Waals surface area contributed by atoms with Crippen molar-refractivity contribution in [2.24, 2.45) is 0 Å². The van der Waals surface area contributed by atoms with Crippen molar-refractivity contribution in [2.75, 3.05) is 6.54 Å². The van der Waals surface area contributed by atoms with E-state index in [2.05, 4.69) is 25.2 Å². The summed E-state index contributed by atoms with van der Waals surface area (Å²) in [5.74, 6) is 0. The number of aromatic nitrogens is 3. The number of piperidine rings is 1. The van der Waals surface area contributed by atoms with Crippen molar-refractivity contribution in [1.82, 2.24) is 19.9 Å². The molecule has 1 fully saturated rings. The first-order valence-electron chi connectivity index (χ1n) is 6.04. The van der Waals surface area contributed by atoms with E-state index in [1.165, 1.54) is 25.0 Å². The summed E-state index contributed by atoms with van der Waals surface area (Å²) in [6.07, 6.45) is 7.69. The normalized spacial score (nSPS) is 20.6. The van der Waals surface area contributed by atoms with Gasteiger partial charge in [0, 0.05) is 17.6 Å². The van der Waals surface area contributed by atoms with Crippen LogP contribution in [-0.2, 0) is 6.54 Å². The van der Waals surface area contributed by atoms with Crippen molar-refractivity contribution in [3.63, 3.8) is 0 Å². The average Bonchev–Trinajstić information content (AvgIpc) is 3.02. The molecule has 2 aromatic heterocycles. The standard InChI is InChI=1S/C12H16N4S/c1-2-4-14-11(3-1)12-5-13-8-16(12)6-10-7-17-9-15-10/h5,7-9,11,14H,1-4,6H2. The molecule has 3 heterocycles. The number of nitrogens with zero attached hydrogens (tertiary/aromatic N) is 3. The van der Waals surface area contributed by atoms with Crippen molar-refractivity contribution in [2.45, 2.75) is 31.8 Å². The second-order valence-corrected chi connectivity index (χ2v) is 5.15. The molecule has 2 aromatic rings. The van der Waals surface area contributed by atoms with Gasteiger partial charge in [-0.25, -0.2) is 9.97 Å². The van der Waals surface area contributed by atoms with Crippen molar-refractivity contribution < 1.29 is 0 Å². The summed E-state index contributed by atoms with van der Waals surface area (Å²) in [6, 6.07) is 0.463. The van der Waals surface area contributed by atoms with E-state index in [-0.39, 0.29) is 0 Å². The van der Waals surface area contributed by atoms with Gasteiger partial charge in [0.25, 0.3) is 0 Å². The summed E-state index contributed by atoms with van der Waals surface area (Å²) < 4.78 is 2.21. The van der Waals surface area contributed by atoms with Gasteiger partial charge in [0.05, 0.1) is 29.8 Å². The zero-order valence-corrected chi connectivity index (χ0v) is 10.5. The summed E-state index contributed by atoms with van der Waals surface area (Å²) in [7, 11) is 0. The third-order valence-corrected chi connectivity index (χ3v) is 3.86. The second kappa shape index (κ2) is 4.98. The molecular weight excluding hydrogens is 232 g/mol. The number of hydrogen-bond acceptors (Lipinski definition) is 4. The molecule has 0 radical (unpaired) electrons. The highest BCUT2D eigenvalue weighted by Gasteiger charge is 2.18. The highest BCUT2D eigenvalue weighted by Crippen LogP contribution is 2.23. The Bertz CT molecular complexity index is 457. The van der Waals surface area contributed by atoms with Crippen LogP contribution in [0.25, 0.3) is 0 Å². The van der Waals surface area contributed by atoms with Crippen molar-refractivity contribution in [3.8, 4) is 0 Å². The smallest absolute Gasteiger partial charge is 0.0952 e. The maximum Gasteiger partial charge on any atom is 0.0952 e. The summed E-state index contributed by atoms with van der Waals surface area (Å²) >= 11 is 1.64. The van der Waals surface area contributed by atoms with Crippen molar-refractivity contribution in [1.29, 1.82) is 0 Å². The molecule has 17 heavy (non-hydrogen) atoms. The molecule has 5 heteroatoms. The van der Waals surface area contributed by atoms with E-state index in [0.717, 1.165) is 18.8 Å². The summed E-state index contributed by atoms with van der Waals surface area (Å²) in [5.41, 5.74) is 4.29. The Hall–Kier alpha value is -1.20. The van der Waals surface area contributed by atoms with Crippen LogP contribution < -0.4 is 5.32 Å². The third-order valence-electron chi connectivity index (χ3n) is 3.23. The quantitative estimate of drug-likeness (QED) is 0.905. The molecule has 0 aliphatic carbocycles. The molecule has 0 amide bonds. The fourth-order valence-electron chi connectivity index (χ4n) is 2.35. The molecule has 1 saturated heterocycles. The lowest BCUT2D eigenvalue weighted by molar-refractivity contribution is 0.395. The Labute approximate surface area is 105 Å². The summed E-state index contributed by atoms with van der Waals surface area (Å²) in [6.45, 7) is 1.95. The number of thiazole rings is 1. The fourth-order valence-corrected chi connectivity index (χ4v) is 2.90. The van der Waals surface area contributed by atoms with Gasteiger partial charge in [0.1, 0.15) is 0 Å². The highest BCUT2D eigenvalue weighted by atomic mass is 32.1. The third kappa shape index (κ3) is 2.40. The lowest BCUT2D eigenvalue weighted by Gasteiger charge is -2.24. The molecule has 1 N–H and O–H groups in total. The summed E-state index contributed by atoms with van der Waals surface area (Å²) in [5, 5.41) is 5.66. The number of nitrogens with one attached hydrogen (secondary N) is 1. The Kier molecular flexibility index (Phi) is 3.20. The van der Waals surface area contributed by atoms with Gasteiger partial charge in [0.15, 0.2) is 0 Å². The molecule has 0 bridgehead atoms. The lowest BCUT2D eigenvalue weighted by Crippen LogP contribution is -2.28. The van der Waals surface area contributed by atoms with Crippen LogP contribution in [0.4, 0.5) is 0 Å². The molecule has 1 unspecified atom stereocenters. The molecule has 90 valence electrons. The largest absolute Gasteiger partial charge is 0.327 e. The van der Waals surface area contributed by atoms with Gasteiger partial charge in [-0.15, -0.1) is 11.3 Å². The molecule has 1 aliphatic rings. The molecule has 0 spiro atoms. The molecule has 1 aliphatic heterocycles. The van der Waals surface area contributed by atoms with Crippen molar-refractivity contribution >= 4 is 11.3 Å². The SMILES string of the molecule is c1nc(Cn2cncc2C2CCCCN2)cs1. The van der Waals surface area contributed by atoms with E-state index in [0.29, 0.717) is 6.04 Å². The Morgan fingerprint density at radius 3 is 3.24 bits per heavy atom. The molecule has 1 atom stereocenters. The van der Waals surface area contributed by atoms with Gasteiger partial charge in [-0.3, -0.25) is 0 Å². The Morgan fingerprint density at radius 2 is 2.47 bits per heavy atom. The molecule has 3 rings (SSSR count). The van der Waals surface area contributed by atoms with Crippen LogP contribution in [0.15, 0.2) is 23.4 Å². The molecular formula is C12H16N4S. The maximum absolute atomic E-state index is 4.33. The number of hydrogen-bond donors (Lipinski definition) is 1. The topological polar surface area (TPSA) is 42.7 Å². The van der Waals surface area contributed by atoms with Gasteiger partial charge in [-0.1, -0.05) is 6.42 Å². The molecule has 0 aromatic carbocycles. The van der Waals surface area contributed by atoms with Gasteiger partial charge >= 0.3 is 0 Å². The molecule has 0 saturated carbocycles. The van der Waals surface area contributed by atoms with Gasteiger partial charge in [-0.2, -0.15) is 0 Å². The minimum Gasteiger partial charge on any atom is -0.327 e. The van der Waals surface area contributed by atoms with Crippen LogP contribution in [-0.4, -0.2) is 21.1 Å². The van der Waals surface area contributed by atoms with Crippen LogP contribution >= 0.6 is 11.3 Å². The Balaban J connectivity index is 1.78.